The van der Waals surface area contributed by atoms with Gasteiger partial charge in [0.05, 0.1) is 11.8 Å². The van der Waals surface area contributed by atoms with Gasteiger partial charge in [0.2, 0.25) is 21.8 Å². The van der Waals surface area contributed by atoms with E-state index < -0.39 is 34.1 Å². The maximum atomic E-state index is 13.2. The fourth-order valence-corrected chi connectivity index (χ4v) is 5.29. The van der Waals surface area contributed by atoms with Gasteiger partial charge in [-0.25, -0.2) is 17.9 Å². The Morgan fingerprint density at radius 2 is 1.90 bits per heavy atom. The third kappa shape index (κ3) is 12.6. The first-order chi connectivity index (χ1) is 19.0. The molecular weight excluding hydrogens is 560 g/mol. The van der Waals surface area contributed by atoms with Crippen LogP contribution < -0.4 is 15.4 Å². The summed E-state index contributed by atoms with van der Waals surface area (Å²) >= 11 is 5.98. The first kappa shape index (κ1) is 33.5. The molecule has 0 spiro atoms. The summed E-state index contributed by atoms with van der Waals surface area (Å²) in [5.41, 5.74) is 0.703. The van der Waals surface area contributed by atoms with Crippen molar-refractivity contribution in [2.45, 2.75) is 77.0 Å². The summed E-state index contributed by atoms with van der Waals surface area (Å²) in [4.78, 5) is 51.3. The van der Waals surface area contributed by atoms with Crippen LogP contribution >= 0.6 is 11.6 Å². The fourth-order valence-electron chi connectivity index (χ4n) is 4.47. The molecule has 1 aliphatic rings. The Kier molecular flexibility index (Phi) is 14.4. The standard InChI is InChI=1S/C27H41ClN4O7S/c1-3-40(37,38)29-14-15-32(2)25(34)13-12-23(18-33)30-26(35)24(17-20-8-5-4-6-9-20)31-27(36)39-19-21-10-7-11-22(28)16-21/h7,10-11,16,18,20,23-24,29H,3-6,8-9,12-15,17,19H2,1-2H3,(H,30,35)(H,31,36)/t23-,24-/m0/s1. The van der Waals surface area contributed by atoms with Gasteiger partial charge in [0.15, 0.2) is 0 Å². The van der Waals surface area contributed by atoms with Crippen molar-refractivity contribution < 1.29 is 32.3 Å². The lowest BCUT2D eigenvalue weighted by Gasteiger charge is -2.27. The monoisotopic (exact) mass is 600 g/mol. The van der Waals surface area contributed by atoms with Gasteiger partial charge in [0.1, 0.15) is 18.9 Å². The minimum Gasteiger partial charge on any atom is -0.445 e. The van der Waals surface area contributed by atoms with Crippen LogP contribution in [-0.4, -0.2) is 75.5 Å². The van der Waals surface area contributed by atoms with Gasteiger partial charge in [0, 0.05) is 31.6 Å². The highest BCUT2D eigenvalue weighted by atomic mass is 35.5. The lowest BCUT2D eigenvalue weighted by atomic mass is 9.84. The number of nitrogens with zero attached hydrogens (tertiary/aromatic N) is 1. The van der Waals surface area contributed by atoms with Crippen LogP contribution in [0.2, 0.25) is 5.02 Å². The number of hydrogen-bond acceptors (Lipinski definition) is 7. The van der Waals surface area contributed by atoms with Gasteiger partial charge in [0.25, 0.3) is 0 Å². The molecule has 0 bridgehead atoms. The van der Waals surface area contributed by atoms with Crippen LogP contribution in [0.25, 0.3) is 0 Å². The molecule has 11 nitrogen and oxygen atoms in total. The average molecular weight is 601 g/mol. The Hall–Kier alpha value is -2.70. The second kappa shape index (κ2) is 17.2. The van der Waals surface area contributed by atoms with Crippen LogP contribution in [0.4, 0.5) is 4.79 Å². The highest BCUT2D eigenvalue weighted by Gasteiger charge is 2.28. The highest BCUT2D eigenvalue weighted by Crippen LogP contribution is 2.27. The first-order valence-corrected chi connectivity index (χ1v) is 15.7. The summed E-state index contributed by atoms with van der Waals surface area (Å²) in [6.45, 7) is 1.75. The van der Waals surface area contributed by atoms with E-state index >= 15 is 0 Å². The van der Waals surface area contributed by atoms with Gasteiger partial charge in [-0.05, 0) is 43.4 Å². The number of nitrogens with one attached hydrogen (secondary N) is 3. The van der Waals surface area contributed by atoms with E-state index in [0.717, 1.165) is 32.1 Å². The number of sulfonamides is 1. The number of carbonyl (C=O) groups excluding carboxylic acids is 4. The largest absolute Gasteiger partial charge is 0.445 e. The fraction of sp³-hybridized carbons (Fsp3) is 0.630. The molecule has 3 amide bonds. The molecule has 0 aromatic heterocycles. The lowest BCUT2D eigenvalue weighted by molar-refractivity contribution is -0.131. The molecule has 40 heavy (non-hydrogen) atoms. The van der Waals surface area contributed by atoms with Crippen molar-refractivity contribution in [1.82, 2.24) is 20.3 Å². The summed E-state index contributed by atoms with van der Waals surface area (Å²) in [6.07, 6.45) is 5.43. The van der Waals surface area contributed by atoms with E-state index in [9.17, 15) is 27.6 Å². The van der Waals surface area contributed by atoms with Crippen LogP contribution in [0.1, 0.15) is 63.9 Å². The number of amides is 3. The molecule has 224 valence electrons. The molecule has 0 heterocycles. The second-order valence-corrected chi connectivity index (χ2v) is 12.6. The zero-order valence-corrected chi connectivity index (χ0v) is 24.8. The molecule has 0 unspecified atom stereocenters. The summed E-state index contributed by atoms with van der Waals surface area (Å²) in [5, 5.41) is 5.81. The van der Waals surface area contributed by atoms with Gasteiger partial charge in [-0.1, -0.05) is 55.8 Å². The first-order valence-electron chi connectivity index (χ1n) is 13.7. The number of rotatable bonds is 16. The van der Waals surface area contributed by atoms with E-state index in [4.69, 9.17) is 16.3 Å². The normalized spacial score (nSPS) is 15.5. The molecule has 0 aliphatic heterocycles. The summed E-state index contributed by atoms with van der Waals surface area (Å²) in [5.74, 6) is -0.607. The zero-order chi connectivity index (χ0) is 29.5. The van der Waals surface area contributed by atoms with Gasteiger partial charge in [-0.3, -0.25) is 9.59 Å². The molecular formula is C27H41ClN4O7S. The molecule has 1 fully saturated rings. The highest BCUT2D eigenvalue weighted by molar-refractivity contribution is 7.89. The number of alkyl carbamates (subject to hydrolysis) is 1. The Morgan fingerprint density at radius 3 is 2.55 bits per heavy atom. The Balaban J connectivity index is 1.91. The number of benzene rings is 1. The Morgan fingerprint density at radius 1 is 1.18 bits per heavy atom. The van der Waals surface area contributed by atoms with Gasteiger partial charge >= 0.3 is 6.09 Å². The Bertz CT molecular complexity index is 1100. The van der Waals surface area contributed by atoms with E-state index in [1.165, 1.54) is 18.9 Å². The molecule has 1 aromatic carbocycles. The molecule has 1 aliphatic carbocycles. The number of ether oxygens (including phenoxy) is 1. The van der Waals surface area contributed by atoms with Gasteiger partial charge in [-0.15, -0.1) is 0 Å². The topological polar surface area (TPSA) is 151 Å². The van der Waals surface area contributed by atoms with Crippen molar-refractivity contribution in [1.29, 1.82) is 0 Å². The van der Waals surface area contributed by atoms with Gasteiger partial charge in [-0.2, -0.15) is 0 Å². The Labute approximate surface area is 241 Å². The molecule has 3 N–H and O–H groups in total. The third-order valence-electron chi connectivity index (χ3n) is 6.90. The van der Waals surface area contributed by atoms with Crippen molar-refractivity contribution in [3.63, 3.8) is 0 Å². The van der Waals surface area contributed by atoms with E-state index in [1.54, 1.807) is 24.3 Å². The van der Waals surface area contributed by atoms with Crippen molar-refractivity contribution in [2.24, 2.45) is 5.92 Å². The van der Waals surface area contributed by atoms with E-state index in [1.807, 2.05) is 0 Å². The molecule has 13 heteroatoms. The number of hydrogen-bond donors (Lipinski definition) is 3. The van der Waals surface area contributed by atoms with Gasteiger partial charge < -0.3 is 25.1 Å². The number of carbonyl (C=O) groups is 4. The third-order valence-corrected chi connectivity index (χ3v) is 8.54. The molecule has 1 saturated carbocycles. The second-order valence-electron chi connectivity index (χ2n) is 10.0. The number of aldehydes is 1. The summed E-state index contributed by atoms with van der Waals surface area (Å²) in [7, 11) is -1.82. The number of halogens is 1. The van der Waals surface area contributed by atoms with Crippen molar-refractivity contribution >= 4 is 45.8 Å². The predicted molar refractivity (Wildman–Crippen MR) is 152 cm³/mol. The van der Waals surface area contributed by atoms with Crippen LogP contribution in [0.3, 0.4) is 0 Å². The van der Waals surface area contributed by atoms with E-state index in [2.05, 4.69) is 15.4 Å². The van der Waals surface area contributed by atoms with Crippen molar-refractivity contribution in [3.05, 3.63) is 34.9 Å². The van der Waals surface area contributed by atoms with Crippen molar-refractivity contribution in [2.75, 3.05) is 25.9 Å². The average Bonchev–Trinajstić information content (AvgIpc) is 2.94. The molecule has 2 rings (SSSR count). The van der Waals surface area contributed by atoms with Crippen LogP contribution in [0, 0.1) is 5.92 Å². The maximum Gasteiger partial charge on any atom is 0.408 e. The van der Waals surface area contributed by atoms with E-state index in [-0.39, 0.29) is 50.1 Å². The quantitative estimate of drug-likeness (QED) is 0.247. The van der Waals surface area contributed by atoms with E-state index in [0.29, 0.717) is 23.3 Å². The van der Waals surface area contributed by atoms with Crippen LogP contribution in [0.5, 0.6) is 0 Å². The molecule has 1 aromatic rings. The minimum atomic E-state index is -3.36. The predicted octanol–water partition coefficient (Wildman–Crippen LogP) is 2.77. The minimum absolute atomic E-state index is 0.0172. The lowest BCUT2D eigenvalue weighted by Crippen LogP contribution is -2.51. The molecule has 2 atom stereocenters. The SMILES string of the molecule is CCS(=O)(=O)NCCN(C)C(=O)CC[C@@H](C=O)NC(=O)[C@H](CC1CCCCC1)NC(=O)OCc1cccc(Cl)c1. The summed E-state index contributed by atoms with van der Waals surface area (Å²) < 4.78 is 30.8. The zero-order valence-electron chi connectivity index (χ0n) is 23.2. The van der Waals surface area contributed by atoms with Crippen LogP contribution in [0.15, 0.2) is 24.3 Å². The maximum absolute atomic E-state index is 13.2. The summed E-state index contributed by atoms with van der Waals surface area (Å²) in [6, 6.07) is 5.07. The molecule has 0 saturated heterocycles. The smallest absolute Gasteiger partial charge is 0.408 e. The van der Waals surface area contributed by atoms with Crippen molar-refractivity contribution in [3.8, 4) is 0 Å². The van der Waals surface area contributed by atoms with Crippen LogP contribution in [-0.2, 0) is 35.8 Å². The molecule has 0 radical (unpaired) electrons. The number of likely N-dealkylation sites (N-methyl/N-ethyl adjacent to an activating group) is 1.